The Bertz CT molecular complexity index is 4370. The van der Waals surface area contributed by atoms with Crippen LogP contribution in [0.4, 0.5) is 0 Å². The third-order valence-electron chi connectivity index (χ3n) is 13.1. The molecule has 1 spiro atoms. The minimum atomic E-state index is -3.94. The molecular weight excluding hydrogens is 803 g/mol. The maximum absolute atomic E-state index is 10.4. The fourth-order valence-corrected chi connectivity index (χ4v) is 10.2. The molecule has 3 aliphatic heterocycles. The second-order valence-electron chi connectivity index (χ2n) is 17.3. The van der Waals surface area contributed by atoms with Crippen LogP contribution >= 0.6 is 0 Å². The molecule has 1 atom stereocenters. The molecule has 3 aliphatic rings. The van der Waals surface area contributed by atoms with Crippen molar-refractivity contribution in [3.05, 3.63) is 217 Å². The van der Waals surface area contributed by atoms with Crippen LogP contribution in [0.1, 0.15) is 80.3 Å². The number of rotatable bonds is 6. The molecule has 0 radical (unpaired) electrons. The molecule has 5 heterocycles. The summed E-state index contributed by atoms with van der Waals surface area (Å²) in [4.78, 5) is 0. The highest BCUT2D eigenvalue weighted by atomic mass is 16.5. The van der Waals surface area contributed by atoms with Crippen LogP contribution < -0.4 is 13.9 Å². The van der Waals surface area contributed by atoms with E-state index in [4.69, 9.17) is 17.1 Å². The van der Waals surface area contributed by atoms with Crippen molar-refractivity contribution in [3.8, 4) is 89.7 Å². The number of nitrogens with zero attached hydrogens (tertiary/aromatic N) is 3. The Kier molecular flexibility index (Phi) is 5.34. The summed E-state index contributed by atoms with van der Waals surface area (Å²) in [6.07, 6.45) is -0.603. The lowest BCUT2D eigenvalue weighted by molar-refractivity contribution is -0.997. The normalized spacial score (nSPS) is 19.5. The lowest BCUT2D eigenvalue weighted by Gasteiger charge is -2.32. The Balaban J connectivity index is 1.20. The quantitative estimate of drug-likeness (QED) is 0.153. The van der Waals surface area contributed by atoms with Crippen LogP contribution in [0.15, 0.2) is 200 Å². The fourth-order valence-electron chi connectivity index (χ4n) is 10.2. The highest BCUT2D eigenvalue weighted by Gasteiger charge is 2.68. The zero-order chi connectivity index (χ0) is 59.0. The summed E-state index contributed by atoms with van der Waals surface area (Å²) in [6, 6.07) is 44.7. The smallest absolute Gasteiger partial charge is 0.392 e. The van der Waals surface area contributed by atoms with Crippen LogP contribution in [0.3, 0.4) is 0 Å². The van der Waals surface area contributed by atoms with E-state index in [0.717, 1.165) is 44.6 Å². The SMILES string of the molecule is [2H]c1c([2H])c(C(C([2H])([2H])[2H])(C([2H])([2H])[2H])C([2H])([2H])[2H])c([2H])c([2H])c1-c1c([2H])c([2H])[n+]2c(c1[2H])-c1cc(-c3ccccc3)cc3c1C21Oc2ccccc2-c2n(-c4cc(-c5ccccc5)c(C([2H])(C)C)cc4-c4ccccc4)c4cccc-3c4[n+]21. The monoisotopic (exact) mass is 868 g/mol. The molecule has 4 nitrogen and oxygen atoms in total. The molecule has 10 aromatic rings. The van der Waals surface area contributed by atoms with E-state index in [1.807, 2.05) is 164 Å². The van der Waals surface area contributed by atoms with Gasteiger partial charge in [-0.05, 0) is 110 Å². The maximum atomic E-state index is 10.4. The first-order chi connectivity index (χ1) is 39.2. The Morgan fingerprint density at radius 1 is 0.591 bits per heavy atom. The Morgan fingerprint density at radius 3 is 1.95 bits per heavy atom. The maximum Gasteiger partial charge on any atom is 0.499 e. The van der Waals surface area contributed by atoms with Gasteiger partial charge in [0.1, 0.15) is 23.9 Å². The Labute approximate surface area is 410 Å². The highest BCUT2D eigenvalue weighted by molar-refractivity contribution is 6.00. The minimum absolute atomic E-state index is 0.0253. The van der Waals surface area contributed by atoms with Crippen molar-refractivity contribution in [1.29, 1.82) is 0 Å². The van der Waals surface area contributed by atoms with Gasteiger partial charge in [-0.1, -0.05) is 168 Å². The van der Waals surface area contributed by atoms with Gasteiger partial charge in [0, 0.05) is 42.5 Å². The van der Waals surface area contributed by atoms with E-state index in [-0.39, 0.29) is 5.69 Å². The molecule has 0 amide bonds. The number of pyridine rings is 1. The minimum Gasteiger partial charge on any atom is -0.392 e. The molecule has 66 heavy (non-hydrogen) atoms. The molecule has 4 heteroatoms. The summed E-state index contributed by atoms with van der Waals surface area (Å²) in [5.41, 5.74) is 3.94. The largest absolute Gasteiger partial charge is 0.499 e. The van der Waals surface area contributed by atoms with Crippen molar-refractivity contribution in [2.75, 3.05) is 0 Å². The van der Waals surface area contributed by atoms with Gasteiger partial charge in [-0.3, -0.25) is 0 Å². The standard InChI is InChI=1S/C62H49N3O/c1-39(2)49-37-51(43-22-13-8-14-23-43)56(38-50(49)42-20-11-7-12-21-42)64-54-26-17-25-47-52-34-45(40-18-9-6-10-19-40)35-53-55-36-44(41-28-30-46(31-29-41)61(3,4)5)32-33-63(55)62(58(52)53)65(59(47)54)60(64)48-24-15-16-27-57(48)66-62/h6-39H,1-5H3/q+2/i3D3,4D3,5D3,28D,29D,30D,31D,32D,33D,36D,39D. The van der Waals surface area contributed by atoms with Crippen LogP contribution in [-0.2, 0) is 11.3 Å². The predicted molar refractivity (Wildman–Crippen MR) is 268 cm³/mol. The summed E-state index contributed by atoms with van der Waals surface area (Å²) in [5, 5.41) is 0. The molecule has 0 fully saturated rings. The van der Waals surface area contributed by atoms with Crippen LogP contribution in [0.2, 0.25) is 0 Å². The average molecular weight is 869 g/mol. The number of aromatic nitrogens is 3. The number of fused-ring (bicyclic) bond motifs is 5. The molecule has 8 aromatic carbocycles. The van der Waals surface area contributed by atoms with Gasteiger partial charge in [-0.2, -0.15) is 4.57 Å². The van der Waals surface area contributed by atoms with E-state index in [9.17, 15) is 11.0 Å². The molecule has 13 rings (SSSR count). The zero-order valence-corrected chi connectivity index (χ0v) is 35.8. The third kappa shape index (κ3) is 5.45. The van der Waals surface area contributed by atoms with Gasteiger partial charge in [0.25, 0.3) is 0 Å². The van der Waals surface area contributed by atoms with E-state index in [2.05, 4.69) is 16.7 Å². The lowest BCUT2D eigenvalue weighted by Crippen LogP contribution is -2.78. The van der Waals surface area contributed by atoms with Crippen molar-refractivity contribution in [2.45, 2.75) is 51.6 Å². The molecule has 2 aromatic heterocycles. The summed E-state index contributed by atoms with van der Waals surface area (Å²) < 4.78 is 167. The van der Waals surface area contributed by atoms with E-state index in [1.54, 1.807) is 0 Å². The van der Waals surface area contributed by atoms with Gasteiger partial charge in [-0.25, -0.2) is 0 Å². The van der Waals surface area contributed by atoms with Gasteiger partial charge < -0.3 is 4.74 Å². The number of imidazole rings is 1. The molecule has 0 N–H and O–H groups in total. The third-order valence-corrected chi connectivity index (χ3v) is 13.1. The summed E-state index contributed by atoms with van der Waals surface area (Å²) in [5.74, 6) is -2.08. The number of hydrogen-bond acceptors (Lipinski definition) is 1. The van der Waals surface area contributed by atoms with Crippen molar-refractivity contribution in [3.63, 3.8) is 0 Å². The topological polar surface area (TPSA) is 21.9 Å². The molecular formula is C62H49N3O+2. The number of benzene rings is 8. The highest BCUT2D eigenvalue weighted by Crippen LogP contribution is 2.55. The summed E-state index contributed by atoms with van der Waals surface area (Å²) in [6.45, 7) is -8.10. The van der Waals surface area contributed by atoms with Crippen molar-refractivity contribution in [1.82, 2.24) is 4.57 Å². The average Bonchev–Trinajstić information content (AvgIpc) is 1.55. The fraction of sp³-hybridized carbons (Fsp3) is 0.129. The number of hydrogen-bond donors (Lipinski definition) is 0. The van der Waals surface area contributed by atoms with E-state index >= 15 is 0 Å². The number of para-hydroxylation sites is 2. The Hall–Kier alpha value is -7.82. The van der Waals surface area contributed by atoms with Crippen LogP contribution in [0.25, 0.3) is 95.0 Å². The molecule has 316 valence electrons. The second kappa shape index (κ2) is 14.1. The molecule has 0 saturated carbocycles. The van der Waals surface area contributed by atoms with E-state index in [0.29, 0.717) is 50.4 Å². The Morgan fingerprint density at radius 2 is 1.24 bits per heavy atom. The second-order valence-corrected chi connectivity index (χ2v) is 17.3. The van der Waals surface area contributed by atoms with Gasteiger partial charge >= 0.3 is 11.7 Å². The van der Waals surface area contributed by atoms with Gasteiger partial charge in [0.15, 0.2) is 17.2 Å². The van der Waals surface area contributed by atoms with Gasteiger partial charge in [0.05, 0.1) is 13.8 Å². The first-order valence-electron chi connectivity index (χ1n) is 30.3. The first-order valence-corrected chi connectivity index (χ1v) is 21.8. The van der Waals surface area contributed by atoms with Crippen molar-refractivity contribution in [2.24, 2.45) is 0 Å². The van der Waals surface area contributed by atoms with Crippen LogP contribution in [0.5, 0.6) is 5.75 Å². The predicted octanol–water partition coefficient (Wildman–Crippen LogP) is 14.5. The van der Waals surface area contributed by atoms with Crippen molar-refractivity contribution >= 4 is 11.0 Å². The summed E-state index contributed by atoms with van der Waals surface area (Å²) in [7, 11) is 0. The molecule has 0 bridgehead atoms. The van der Waals surface area contributed by atoms with Crippen molar-refractivity contribution < 1.29 is 37.2 Å². The number of ether oxygens (including phenoxy) is 1. The van der Waals surface area contributed by atoms with E-state index in [1.165, 1.54) is 4.57 Å². The molecule has 1 unspecified atom stereocenters. The van der Waals surface area contributed by atoms with Crippen LogP contribution in [-0.4, -0.2) is 4.57 Å². The van der Waals surface area contributed by atoms with Gasteiger partial charge in [0.2, 0.25) is 5.69 Å². The summed E-state index contributed by atoms with van der Waals surface area (Å²) >= 11 is 0. The lowest BCUT2D eigenvalue weighted by atomic mass is 9.85. The van der Waals surface area contributed by atoms with Crippen LogP contribution in [0, 0.1) is 0 Å². The first kappa shape index (κ1) is 25.0. The van der Waals surface area contributed by atoms with E-state index < -0.39 is 96.8 Å². The molecule has 0 aliphatic carbocycles. The zero-order valence-electron chi connectivity index (χ0n) is 52.8. The van der Waals surface area contributed by atoms with Gasteiger partial charge in [-0.15, -0.1) is 9.13 Å². The molecule has 0 saturated heterocycles.